The van der Waals surface area contributed by atoms with E-state index in [1.165, 1.54) is 0 Å². The Morgan fingerprint density at radius 1 is 1.12 bits per heavy atom. The molecule has 0 saturated heterocycles. The lowest BCUT2D eigenvalue weighted by atomic mass is 10.3. The third-order valence-electron chi connectivity index (χ3n) is 1.83. The summed E-state index contributed by atoms with van der Waals surface area (Å²) in [6, 6.07) is 0. The standard InChI is InChI=1S/C10H21N3O3/c1-13(2)6-4-11-9(14)8-10(15)12-5-7-16-3/h4-8H2,1-3H3,(H,11,14)(H,12,15). The Kier molecular flexibility index (Phi) is 8.46. The molecule has 0 aromatic heterocycles. The quantitative estimate of drug-likeness (QED) is 0.407. The molecule has 0 radical (unpaired) electrons. The molecule has 0 rings (SSSR count). The largest absolute Gasteiger partial charge is 0.383 e. The van der Waals surface area contributed by atoms with Gasteiger partial charge in [0.25, 0.3) is 0 Å². The number of carbonyl (C=O) groups is 2. The van der Waals surface area contributed by atoms with Gasteiger partial charge >= 0.3 is 0 Å². The summed E-state index contributed by atoms with van der Waals surface area (Å²) >= 11 is 0. The first-order valence-electron chi connectivity index (χ1n) is 5.23. The summed E-state index contributed by atoms with van der Waals surface area (Å²) in [6.07, 6.45) is -0.128. The minimum absolute atomic E-state index is 0.128. The third kappa shape index (κ3) is 9.42. The molecule has 0 aliphatic rings. The summed E-state index contributed by atoms with van der Waals surface area (Å²) in [5, 5.41) is 5.24. The highest BCUT2D eigenvalue weighted by atomic mass is 16.5. The maximum atomic E-state index is 11.2. The van der Waals surface area contributed by atoms with E-state index in [2.05, 4.69) is 10.6 Å². The van der Waals surface area contributed by atoms with Crippen molar-refractivity contribution >= 4 is 11.8 Å². The highest BCUT2D eigenvalue weighted by Crippen LogP contribution is 1.81. The van der Waals surface area contributed by atoms with E-state index in [-0.39, 0.29) is 18.2 Å². The fourth-order valence-corrected chi connectivity index (χ4v) is 0.982. The molecule has 0 saturated carbocycles. The summed E-state index contributed by atoms with van der Waals surface area (Å²) in [6.45, 7) is 2.20. The molecule has 0 heterocycles. The highest BCUT2D eigenvalue weighted by Gasteiger charge is 2.07. The maximum absolute atomic E-state index is 11.2. The van der Waals surface area contributed by atoms with Gasteiger partial charge in [-0.25, -0.2) is 0 Å². The van der Waals surface area contributed by atoms with E-state index in [1.54, 1.807) is 7.11 Å². The molecule has 0 aliphatic heterocycles. The predicted molar refractivity (Wildman–Crippen MR) is 61.1 cm³/mol. The number of hydrogen-bond acceptors (Lipinski definition) is 4. The molecule has 0 atom stereocenters. The molecule has 0 aliphatic carbocycles. The molecule has 0 unspecified atom stereocenters. The van der Waals surface area contributed by atoms with Gasteiger partial charge in [0.15, 0.2) is 0 Å². The van der Waals surface area contributed by atoms with Crippen molar-refractivity contribution in [3.63, 3.8) is 0 Å². The van der Waals surface area contributed by atoms with Crippen LogP contribution in [-0.2, 0) is 14.3 Å². The topological polar surface area (TPSA) is 70.7 Å². The molecule has 0 fully saturated rings. The normalized spacial score (nSPS) is 10.2. The zero-order valence-electron chi connectivity index (χ0n) is 10.2. The van der Waals surface area contributed by atoms with Crippen molar-refractivity contribution in [1.29, 1.82) is 0 Å². The lowest BCUT2D eigenvalue weighted by Crippen LogP contribution is -2.36. The van der Waals surface area contributed by atoms with Gasteiger partial charge in [0.1, 0.15) is 6.42 Å². The number of nitrogens with one attached hydrogen (secondary N) is 2. The summed E-state index contributed by atoms with van der Waals surface area (Å²) < 4.78 is 4.77. The first-order chi connectivity index (χ1) is 7.56. The van der Waals surface area contributed by atoms with Gasteiger partial charge in [0.05, 0.1) is 6.61 Å². The molecule has 2 amide bonds. The molecule has 16 heavy (non-hydrogen) atoms. The molecule has 0 bridgehead atoms. The number of ether oxygens (including phenoxy) is 1. The Bertz CT molecular complexity index is 219. The van der Waals surface area contributed by atoms with Crippen LogP contribution >= 0.6 is 0 Å². The van der Waals surface area contributed by atoms with E-state index in [0.29, 0.717) is 19.7 Å². The van der Waals surface area contributed by atoms with Crippen LogP contribution in [-0.4, -0.2) is 64.2 Å². The average molecular weight is 231 g/mol. The van der Waals surface area contributed by atoms with E-state index < -0.39 is 0 Å². The molecule has 6 heteroatoms. The van der Waals surface area contributed by atoms with Crippen molar-refractivity contribution in [2.24, 2.45) is 0 Å². The van der Waals surface area contributed by atoms with Gasteiger partial charge in [-0.15, -0.1) is 0 Å². The molecule has 0 spiro atoms. The zero-order chi connectivity index (χ0) is 12.4. The number of hydrogen-bond donors (Lipinski definition) is 2. The first-order valence-corrected chi connectivity index (χ1v) is 5.23. The second-order valence-corrected chi connectivity index (χ2v) is 3.67. The fraction of sp³-hybridized carbons (Fsp3) is 0.800. The molecule has 2 N–H and O–H groups in total. The lowest BCUT2D eigenvalue weighted by Gasteiger charge is -2.10. The number of rotatable bonds is 8. The minimum Gasteiger partial charge on any atom is -0.383 e. The molecule has 94 valence electrons. The van der Waals surface area contributed by atoms with Gasteiger partial charge in [-0.05, 0) is 14.1 Å². The van der Waals surface area contributed by atoms with Gasteiger partial charge in [0.2, 0.25) is 11.8 Å². The highest BCUT2D eigenvalue weighted by molar-refractivity contribution is 5.96. The third-order valence-corrected chi connectivity index (χ3v) is 1.83. The van der Waals surface area contributed by atoms with Crippen LogP contribution in [0.2, 0.25) is 0 Å². The Morgan fingerprint density at radius 3 is 2.19 bits per heavy atom. The van der Waals surface area contributed by atoms with Gasteiger partial charge in [0, 0.05) is 26.7 Å². The van der Waals surface area contributed by atoms with Gasteiger partial charge in [-0.2, -0.15) is 0 Å². The smallest absolute Gasteiger partial charge is 0.229 e. The monoisotopic (exact) mass is 231 g/mol. The number of carbonyl (C=O) groups excluding carboxylic acids is 2. The molecule has 0 aromatic carbocycles. The van der Waals surface area contributed by atoms with Crippen LogP contribution in [0.5, 0.6) is 0 Å². The number of nitrogens with zero attached hydrogens (tertiary/aromatic N) is 1. The van der Waals surface area contributed by atoms with Crippen LogP contribution in [0.15, 0.2) is 0 Å². The number of likely N-dealkylation sites (N-methyl/N-ethyl adjacent to an activating group) is 1. The van der Waals surface area contributed by atoms with E-state index in [9.17, 15) is 9.59 Å². The average Bonchev–Trinajstić information content (AvgIpc) is 2.17. The SMILES string of the molecule is COCCNC(=O)CC(=O)NCCN(C)C. The van der Waals surface area contributed by atoms with Gasteiger partial charge < -0.3 is 20.3 Å². The second kappa shape index (κ2) is 9.11. The van der Waals surface area contributed by atoms with Crippen LogP contribution in [0.4, 0.5) is 0 Å². The zero-order valence-corrected chi connectivity index (χ0v) is 10.2. The molecular formula is C10H21N3O3. The Balaban J connectivity index is 3.50. The van der Waals surface area contributed by atoms with E-state index in [0.717, 1.165) is 6.54 Å². The summed E-state index contributed by atoms with van der Waals surface area (Å²) in [5.41, 5.74) is 0. The number of amides is 2. The lowest BCUT2D eigenvalue weighted by molar-refractivity contribution is -0.129. The first kappa shape index (κ1) is 14.9. The Hall–Kier alpha value is -1.14. The van der Waals surface area contributed by atoms with E-state index in [4.69, 9.17) is 4.74 Å². The second-order valence-electron chi connectivity index (χ2n) is 3.67. The Morgan fingerprint density at radius 2 is 1.69 bits per heavy atom. The van der Waals surface area contributed by atoms with Crippen LogP contribution in [0.1, 0.15) is 6.42 Å². The van der Waals surface area contributed by atoms with E-state index >= 15 is 0 Å². The predicted octanol–water partition coefficient (Wildman–Crippen LogP) is -1.18. The summed E-state index contributed by atoms with van der Waals surface area (Å²) in [4.78, 5) is 24.4. The van der Waals surface area contributed by atoms with Gasteiger partial charge in [-0.3, -0.25) is 9.59 Å². The van der Waals surface area contributed by atoms with Crippen LogP contribution in [0.25, 0.3) is 0 Å². The molecule has 6 nitrogen and oxygen atoms in total. The summed E-state index contributed by atoms with van der Waals surface area (Å²) in [7, 11) is 5.40. The maximum Gasteiger partial charge on any atom is 0.229 e. The fourth-order valence-electron chi connectivity index (χ4n) is 0.982. The van der Waals surface area contributed by atoms with Crippen LogP contribution in [0.3, 0.4) is 0 Å². The molecular weight excluding hydrogens is 210 g/mol. The van der Waals surface area contributed by atoms with Gasteiger partial charge in [-0.1, -0.05) is 0 Å². The van der Waals surface area contributed by atoms with Crippen molar-refractivity contribution < 1.29 is 14.3 Å². The summed E-state index contributed by atoms with van der Waals surface area (Å²) in [5.74, 6) is -0.531. The Labute approximate surface area is 96.3 Å². The molecule has 0 aromatic rings. The number of methoxy groups -OCH3 is 1. The van der Waals surface area contributed by atoms with Crippen molar-refractivity contribution in [1.82, 2.24) is 15.5 Å². The minimum atomic E-state index is -0.278. The van der Waals surface area contributed by atoms with Crippen LogP contribution in [0, 0.1) is 0 Å². The van der Waals surface area contributed by atoms with Crippen LogP contribution < -0.4 is 10.6 Å². The van der Waals surface area contributed by atoms with Crippen molar-refractivity contribution in [3.05, 3.63) is 0 Å². The van der Waals surface area contributed by atoms with Crippen molar-refractivity contribution in [3.8, 4) is 0 Å². The van der Waals surface area contributed by atoms with E-state index in [1.807, 2.05) is 19.0 Å². The van der Waals surface area contributed by atoms with Crippen molar-refractivity contribution in [2.45, 2.75) is 6.42 Å². The van der Waals surface area contributed by atoms with Crippen molar-refractivity contribution in [2.75, 3.05) is 47.4 Å².